The van der Waals surface area contributed by atoms with Crippen molar-refractivity contribution in [2.75, 3.05) is 7.05 Å². The topological polar surface area (TPSA) is 12.0 Å². The standard InChI is InChI=1S/C17H15ClFNS/c1-20-16(9-12-14(18)6-4-7-15(12)19)13-10-21-17-8-3-2-5-11(13)17/h2-8,10,16,20H,9H2,1H3. The average Bonchev–Trinajstić information content (AvgIpc) is 2.91. The van der Waals surface area contributed by atoms with Crippen molar-refractivity contribution in [3.8, 4) is 0 Å². The molecule has 2 aromatic carbocycles. The van der Waals surface area contributed by atoms with Gasteiger partial charge in [-0.1, -0.05) is 35.9 Å². The molecule has 1 aromatic heterocycles. The van der Waals surface area contributed by atoms with E-state index in [0.29, 0.717) is 17.0 Å². The first-order chi connectivity index (χ1) is 10.2. The Hall–Kier alpha value is -1.42. The normalized spacial score (nSPS) is 12.7. The molecule has 0 saturated carbocycles. The monoisotopic (exact) mass is 319 g/mol. The van der Waals surface area contributed by atoms with Crippen molar-refractivity contribution in [2.45, 2.75) is 12.5 Å². The van der Waals surface area contributed by atoms with Gasteiger partial charge in [0.2, 0.25) is 0 Å². The smallest absolute Gasteiger partial charge is 0.127 e. The summed E-state index contributed by atoms with van der Waals surface area (Å²) in [5.41, 5.74) is 1.76. The maximum atomic E-state index is 14.0. The first kappa shape index (κ1) is 14.5. The van der Waals surface area contributed by atoms with Crippen LogP contribution in [0.25, 0.3) is 10.1 Å². The minimum Gasteiger partial charge on any atom is -0.313 e. The van der Waals surface area contributed by atoms with E-state index in [1.165, 1.54) is 21.7 Å². The Morgan fingerprint density at radius 2 is 2.00 bits per heavy atom. The number of hydrogen-bond donors (Lipinski definition) is 1. The zero-order chi connectivity index (χ0) is 14.8. The molecule has 0 bridgehead atoms. The Bertz CT molecular complexity index is 748. The lowest BCUT2D eigenvalue weighted by Crippen LogP contribution is -2.19. The van der Waals surface area contributed by atoms with Gasteiger partial charge in [-0.05, 0) is 48.0 Å². The fourth-order valence-electron chi connectivity index (χ4n) is 2.57. The lowest BCUT2D eigenvalue weighted by atomic mass is 9.98. The molecule has 1 unspecified atom stereocenters. The summed E-state index contributed by atoms with van der Waals surface area (Å²) in [6.45, 7) is 0. The minimum atomic E-state index is -0.248. The quantitative estimate of drug-likeness (QED) is 0.697. The van der Waals surface area contributed by atoms with Gasteiger partial charge in [0.1, 0.15) is 5.82 Å². The lowest BCUT2D eigenvalue weighted by Gasteiger charge is -2.17. The van der Waals surface area contributed by atoms with Gasteiger partial charge < -0.3 is 5.32 Å². The van der Waals surface area contributed by atoms with Gasteiger partial charge in [0, 0.05) is 21.3 Å². The van der Waals surface area contributed by atoms with Crippen LogP contribution in [0, 0.1) is 5.82 Å². The number of halogens is 2. The maximum absolute atomic E-state index is 14.0. The van der Waals surface area contributed by atoms with Crippen LogP contribution in [-0.2, 0) is 6.42 Å². The van der Waals surface area contributed by atoms with Crippen LogP contribution in [0.15, 0.2) is 47.8 Å². The number of hydrogen-bond acceptors (Lipinski definition) is 2. The van der Waals surface area contributed by atoms with Crippen LogP contribution in [0.5, 0.6) is 0 Å². The molecule has 0 aliphatic heterocycles. The van der Waals surface area contributed by atoms with Gasteiger partial charge in [0.25, 0.3) is 0 Å². The molecule has 0 saturated heterocycles. The zero-order valence-corrected chi connectivity index (χ0v) is 13.1. The van der Waals surface area contributed by atoms with Crippen LogP contribution >= 0.6 is 22.9 Å². The van der Waals surface area contributed by atoms with Crippen LogP contribution in [0.4, 0.5) is 4.39 Å². The molecule has 4 heteroatoms. The minimum absolute atomic E-state index is 0.0375. The Kier molecular flexibility index (Phi) is 4.24. The van der Waals surface area contributed by atoms with Crippen LogP contribution in [0.3, 0.4) is 0 Å². The third kappa shape index (κ3) is 2.82. The summed E-state index contributed by atoms with van der Waals surface area (Å²) < 4.78 is 15.2. The maximum Gasteiger partial charge on any atom is 0.127 e. The Labute approximate surface area is 132 Å². The first-order valence-corrected chi connectivity index (χ1v) is 8.02. The summed E-state index contributed by atoms with van der Waals surface area (Å²) in [5.74, 6) is -0.248. The predicted octanol–water partition coefficient (Wildman–Crippen LogP) is 5.20. The van der Waals surface area contributed by atoms with Crippen molar-refractivity contribution in [1.82, 2.24) is 5.32 Å². The Balaban J connectivity index is 1.99. The fraction of sp³-hybridized carbons (Fsp3) is 0.176. The van der Waals surface area contributed by atoms with Crippen molar-refractivity contribution in [1.29, 1.82) is 0 Å². The second-order valence-electron chi connectivity index (χ2n) is 4.93. The van der Waals surface area contributed by atoms with Crippen LogP contribution in [0.1, 0.15) is 17.2 Å². The highest BCUT2D eigenvalue weighted by atomic mass is 35.5. The summed E-state index contributed by atoms with van der Waals surface area (Å²) in [4.78, 5) is 0. The van der Waals surface area contributed by atoms with E-state index in [-0.39, 0.29) is 11.9 Å². The van der Waals surface area contributed by atoms with Crippen molar-refractivity contribution >= 4 is 33.0 Å². The van der Waals surface area contributed by atoms with Crippen LogP contribution in [-0.4, -0.2) is 7.05 Å². The van der Waals surface area contributed by atoms with Crippen molar-refractivity contribution in [3.63, 3.8) is 0 Å². The average molecular weight is 320 g/mol. The van der Waals surface area contributed by atoms with Gasteiger partial charge in [-0.15, -0.1) is 11.3 Å². The molecule has 0 aliphatic carbocycles. The molecule has 1 heterocycles. The highest BCUT2D eigenvalue weighted by Gasteiger charge is 2.18. The molecular weight excluding hydrogens is 305 g/mol. The zero-order valence-electron chi connectivity index (χ0n) is 11.6. The number of thiophene rings is 1. The molecular formula is C17H15ClFNS. The molecule has 21 heavy (non-hydrogen) atoms. The summed E-state index contributed by atoms with van der Waals surface area (Å²) in [6.07, 6.45) is 0.530. The molecule has 0 fully saturated rings. The van der Waals surface area contributed by atoms with E-state index in [9.17, 15) is 4.39 Å². The highest BCUT2D eigenvalue weighted by Crippen LogP contribution is 2.33. The Morgan fingerprint density at radius 3 is 2.76 bits per heavy atom. The number of benzene rings is 2. The van der Waals surface area contributed by atoms with Crippen molar-refractivity contribution < 1.29 is 4.39 Å². The molecule has 3 aromatic rings. The van der Waals surface area contributed by atoms with E-state index in [1.54, 1.807) is 23.5 Å². The van der Waals surface area contributed by atoms with Crippen molar-refractivity contribution in [2.24, 2.45) is 0 Å². The van der Waals surface area contributed by atoms with Gasteiger partial charge in [0.05, 0.1) is 0 Å². The lowest BCUT2D eigenvalue weighted by molar-refractivity contribution is 0.557. The number of nitrogens with one attached hydrogen (secondary N) is 1. The summed E-state index contributed by atoms with van der Waals surface area (Å²) in [5, 5.41) is 7.12. The molecule has 3 rings (SSSR count). The number of likely N-dealkylation sites (N-methyl/N-ethyl adjacent to an activating group) is 1. The molecule has 1 nitrogen and oxygen atoms in total. The third-order valence-corrected chi connectivity index (χ3v) is 5.04. The first-order valence-electron chi connectivity index (χ1n) is 6.77. The van der Waals surface area contributed by atoms with E-state index < -0.39 is 0 Å². The molecule has 0 radical (unpaired) electrons. The SMILES string of the molecule is CNC(Cc1c(F)cccc1Cl)c1csc2ccccc12. The molecule has 108 valence electrons. The summed E-state index contributed by atoms with van der Waals surface area (Å²) in [6, 6.07) is 13.1. The van der Waals surface area contributed by atoms with E-state index in [0.717, 1.165) is 0 Å². The largest absolute Gasteiger partial charge is 0.313 e. The fourth-order valence-corrected chi connectivity index (χ4v) is 3.82. The van der Waals surface area contributed by atoms with Gasteiger partial charge in [-0.3, -0.25) is 0 Å². The van der Waals surface area contributed by atoms with E-state index in [4.69, 9.17) is 11.6 Å². The predicted molar refractivity (Wildman–Crippen MR) is 88.7 cm³/mol. The highest BCUT2D eigenvalue weighted by molar-refractivity contribution is 7.17. The van der Waals surface area contributed by atoms with Gasteiger partial charge >= 0.3 is 0 Å². The molecule has 0 amide bonds. The second kappa shape index (κ2) is 6.14. The van der Waals surface area contributed by atoms with Gasteiger partial charge in [-0.2, -0.15) is 0 Å². The van der Waals surface area contributed by atoms with E-state index in [1.807, 2.05) is 19.2 Å². The number of rotatable bonds is 4. The third-order valence-electron chi connectivity index (χ3n) is 3.70. The van der Waals surface area contributed by atoms with Crippen LogP contribution in [0.2, 0.25) is 5.02 Å². The number of fused-ring (bicyclic) bond motifs is 1. The summed E-state index contributed by atoms with van der Waals surface area (Å²) >= 11 is 7.85. The van der Waals surface area contributed by atoms with Gasteiger partial charge in [-0.25, -0.2) is 4.39 Å². The van der Waals surface area contributed by atoms with Crippen LogP contribution < -0.4 is 5.32 Å². The Morgan fingerprint density at radius 1 is 1.19 bits per heavy atom. The van der Waals surface area contributed by atoms with Crippen molar-refractivity contribution in [3.05, 3.63) is 69.8 Å². The van der Waals surface area contributed by atoms with Gasteiger partial charge in [0.15, 0.2) is 0 Å². The van der Waals surface area contributed by atoms with E-state index in [2.05, 4.69) is 22.8 Å². The molecule has 1 atom stereocenters. The molecule has 1 N–H and O–H groups in total. The molecule has 0 spiro atoms. The van der Waals surface area contributed by atoms with E-state index >= 15 is 0 Å². The summed E-state index contributed by atoms with van der Waals surface area (Å²) in [7, 11) is 1.89. The second-order valence-corrected chi connectivity index (χ2v) is 6.25. The molecule has 0 aliphatic rings.